The van der Waals surface area contributed by atoms with Crippen LogP contribution in [-0.2, 0) is 9.53 Å². The third-order valence-corrected chi connectivity index (χ3v) is 2.90. The van der Waals surface area contributed by atoms with Gasteiger partial charge in [-0.3, -0.25) is 15.1 Å². The van der Waals surface area contributed by atoms with Gasteiger partial charge in [-0.2, -0.15) is 0 Å². The SMILES string of the molecule is CC(C(=O)NN)N(C)C1CCOCC1. The van der Waals surface area contributed by atoms with Gasteiger partial charge in [-0.05, 0) is 26.8 Å². The van der Waals surface area contributed by atoms with Crippen LogP contribution in [-0.4, -0.2) is 43.2 Å². The summed E-state index contributed by atoms with van der Waals surface area (Å²) in [7, 11) is 1.95. The topological polar surface area (TPSA) is 67.6 Å². The van der Waals surface area contributed by atoms with Crippen LogP contribution in [0.2, 0.25) is 0 Å². The van der Waals surface area contributed by atoms with E-state index in [1.54, 1.807) is 0 Å². The van der Waals surface area contributed by atoms with E-state index >= 15 is 0 Å². The smallest absolute Gasteiger partial charge is 0.250 e. The van der Waals surface area contributed by atoms with Gasteiger partial charge in [-0.1, -0.05) is 0 Å². The standard InChI is InChI=1S/C9H19N3O2/c1-7(9(13)11-10)12(2)8-3-5-14-6-4-8/h7-8H,3-6,10H2,1-2H3,(H,11,13). The van der Waals surface area contributed by atoms with Gasteiger partial charge in [-0.25, -0.2) is 5.84 Å². The van der Waals surface area contributed by atoms with Crippen molar-refractivity contribution >= 4 is 5.91 Å². The number of amides is 1. The van der Waals surface area contributed by atoms with Gasteiger partial charge < -0.3 is 4.74 Å². The second kappa shape index (κ2) is 5.29. The maximum atomic E-state index is 11.3. The minimum Gasteiger partial charge on any atom is -0.381 e. The highest BCUT2D eigenvalue weighted by Gasteiger charge is 2.25. The number of nitrogens with one attached hydrogen (secondary N) is 1. The molecule has 1 fully saturated rings. The average Bonchev–Trinajstić information content (AvgIpc) is 2.27. The first-order valence-electron chi connectivity index (χ1n) is 4.97. The number of rotatable bonds is 3. The molecular weight excluding hydrogens is 182 g/mol. The molecule has 1 atom stereocenters. The molecule has 0 aromatic rings. The summed E-state index contributed by atoms with van der Waals surface area (Å²) in [4.78, 5) is 13.3. The highest BCUT2D eigenvalue weighted by atomic mass is 16.5. The van der Waals surface area contributed by atoms with E-state index in [4.69, 9.17) is 10.6 Å². The fourth-order valence-corrected chi connectivity index (χ4v) is 1.71. The van der Waals surface area contributed by atoms with E-state index in [0.29, 0.717) is 6.04 Å². The van der Waals surface area contributed by atoms with Crippen LogP contribution in [0.1, 0.15) is 19.8 Å². The number of hydrogen-bond acceptors (Lipinski definition) is 4. The predicted octanol–water partition coefficient (Wildman–Crippen LogP) is -0.524. The van der Waals surface area contributed by atoms with Crippen LogP contribution in [0.15, 0.2) is 0 Å². The molecule has 1 amide bonds. The predicted molar refractivity (Wildman–Crippen MR) is 53.4 cm³/mol. The third-order valence-electron chi connectivity index (χ3n) is 2.90. The highest BCUT2D eigenvalue weighted by molar-refractivity contribution is 5.80. The molecule has 0 aliphatic carbocycles. The summed E-state index contributed by atoms with van der Waals surface area (Å²) in [5.74, 6) is 4.95. The zero-order valence-electron chi connectivity index (χ0n) is 8.82. The summed E-state index contributed by atoms with van der Waals surface area (Å²) in [6.07, 6.45) is 1.97. The Morgan fingerprint density at radius 2 is 2.14 bits per heavy atom. The molecule has 1 heterocycles. The van der Waals surface area contributed by atoms with Crippen LogP contribution in [0, 0.1) is 0 Å². The normalized spacial score (nSPS) is 20.9. The molecule has 0 radical (unpaired) electrons. The van der Waals surface area contributed by atoms with Crippen molar-refractivity contribution in [2.75, 3.05) is 20.3 Å². The van der Waals surface area contributed by atoms with Crippen LogP contribution >= 0.6 is 0 Å². The lowest BCUT2D eigenvalue weighted by Gasteiger charge is -2.34. The van der Waals surface area contributed by atoms with Crippen molar-refractivity contribution in [1.82, 2.24) is 10.3 Å². The molecule has 1 unspecified atom stereocenters. The summed E-state index contributed by atoms with van der Waals surface area (Å²) >= 11 is 0. The van der Waals surface area contributed by atoms with E-state index in [0.717, 1.165) is 26.1 Å². The number of likely N-dealkylation sites (N-methyl/N-ethyl adjacent to an activating group) is 1. The average molecular weight is 201 g/mol. The summed E-state index contributed by atoms with van der Waals surface area (Å²) in [6.45, 7) is 3.43. The maximum Gasteiger partial charge on any atom is 0.250 e. The lowest BCUT2D eigenvalue weighted by atomic mass is 10.1. The first kappa shape index (κ1) is 11.4. The largest absolute Gasteiger partial charge is 0.381 e. The zero-order chi connectivity index (χ0) is 10.6. The number of hydrazine groups is 1. The molecule has 0 bridgehead atoms. The molecule has 1 aliphatic heterocycles. The van der Waals surface area contributed by atoms with Crippen molar-refractivity contribution in [3.8, 4) is 0 Å². The van der Waals surface area contributed by atoms with Crippen molar-refractivity contribution in [2.24, 2.45) is 5.84 Å². The molecule has 1 saturated heterocycles. The lowest BCUT2D eigenvalue weighted by molar-refractivity contribution is -0.127. The molecule has 14 heavy (non-hydrogen) atoms. The van der Waals surface area contributed by atoms with E-state index in [1.165, 1.54) is 0 Å². The van der Waals surface area contributed by atoms with Crippen molar-refractivity contribution in [3.63, 3.8) is 0 Å². The van der Waals surface area contributed by atoms with E-state index < -0.39 is 0 Å². The summed E-state index contributed by atoms with van der Waals surface area (Å²) < 4.78 is 5.26. The zero-order valence-corrected chi connectivity index (χ0v) is 8.82. The van der Waals surface area contributed by atoms with Crippen molar-refractivity contribution in [1.29, 1.82) is 0 Å². The van der Waals surface area contributed by atoms with E-state index in [9.17, 15) is 4.79 Å². The molecule has 3 N–H and O–H groups in total. The fraction of sp³-hybridized carbons (Fsp3) is 0.889. The van der Waals surface area contributed by atoms with E-state index in [1.807, 2.05) is 14.0 Å². The molecule has 5 nitrogen and oxygen atoms in total. The van der Waals surface area contributed by atoms with Gasteiger partial charge in [0.1, 0.15) is 0 Å². The Labute approximate surface area is 84.5 Å². The second-order valence-corrected chi connectivity index (χ2v) is 3.69. The van der Waals surface area contributed by atoms with Gasteiger partial charge in [0.25, 0.3) is 5.91 Å². The summed E-state index contributed by atoms with van der Waals surface area (Å²) in [5, 5.41) is 0. The first-order chi connectivity index (χ1) is 6.66. The molecule has 0 spiro atoms. The van der Waals surface area contributed by atoms with E-state index in [-0.39, 0.29) is 11.9 Å². The molecule has 0 saturated carbocycles. The molecule has 82 valence electrons. The van der Waals surface area contributed by atoms with Gasteiger partial charge in [0.05, 0.1) is 6.04 Å². The van der Waals surface area contributed by atoms with Crippen LogP contribution < -0.4 is 11.3 Å². The number of carbonyl (C=O) groups is 1. The molecule has 0 aromatic heterocycles. The fourth-order valence-electron chi connectivity index (χ4n) is 1.71. The Balaban J connectivity index is 2.45. The Morgan fingerprint density at radius 3 is 2.64 bits per heavy atom. The highest BCUT2D eigenvalue weighted by Crippen LogP contribution is 2.14. The van der Waals surface area contributed by atoms with Gasteiger partial charge in [0.15, 0.2) is 0 Å². The quantitative estimate of drug-likeness (QED) is 0.366. The number of carbonyl (C=O) groups excluding carboxylic acids is 1. The molecular formula is C9H19N3O2. The third kappa shape index (κ3) is 2.67. The lowest BCUT2D eigenvalue weighted by Crippen LogP contribution is -2.50. The van der Waals surface area contributed by atoms with Crippen molar-refractivity contribution < 1.29 is 9.53 Å². The first-order valence-corrected chi connectivity index (χ1v) is 4.97. The Bertz CT molecular complexity index is 192. The van der Waals surface area contributed by atoms with Crippen LogP contribution in [0.3, 0.4) is 0 Å². The van der Waals surface area contributed by atoms with E-state index in [2.05, 4.69) is 10.3 Å². The van der Waals surface area contributed by atoms with Gasteiger partial charge in [0, 0.05) is 19.3 Å². The Morgan fingerprint density at radius 1 is 1.57 bits per heavy atom. The Kier molecular flexibility index (Phi) is 4.31. The van der Waals surface area contributed by atoms with Crippen LogP contribution in [0.4, 0.5) is 0 Å². The number of hydrogen-bond donors (Lipinski definition) is 2. The second-order valence-electron chi connectivity index (χ2n) is 3.69. The Hall–Kier alpha value is -0.650. The molecule has 1 aliphatic rings. The van der Waals surface area contributed by atoms with Gasteiger partial charge >= 0.3 is 0 Å². The van der Waals surface area contributed by atoms with Gasteiger partial charge in [0.2, 0.25) is 0 Å². The molecule has 0 aromatic carbocycles. The minimum atomic E-state index is -0.178. The number of nitrogens with zero attached hydrogens (tertiary/aromatic N) is 1. The van der Waals surface area contributed by atoms with Gasteiger partial charge in [-0.15, -0.1) is 0 Å². The number of ether oxygens (including phenoxy) is 1. The van der Waals surface area contributed by atoms with Crippen LogP contribution in [0.25, 0.3) is 0 Å². The molecule has 5 heteroatoms. The molecule has 1 rings (SSSR count). The number of nitrogens with two attached hydrogens (primary N) is 1. The van der Waals surface area contributed by atoms with Crippen LogP contribution in [0.5, 0.6) is 0 Å². The summed E-state index contributed by atoms with van der Waals surface area (Å²) in [6, 6.07) is 0.249. The monoisotopic (exact) mass is 201 g/mol. The van der Waals surface area contributed by atoms with Crippen molar-refractivity contribution in [2.45, 2.75) is 31.8 Å². The minimum absolute atomic E-state index is 0.140. The summed E-state index contributed by atoms with van der Waals surface area (Å²) in [5.41, 5.74) is 2.17. The maximum absolute atomic E-state index is 11.3. The van der Waals surface area contributed by atoms with Crippen molar-refractivity contribution in [3.05, 3.63) is 0 Å².